The van der Waals surface area contributed by atoms with Gasteiger partial charge in [0.25, 0.3) is 0 Å². The molecular formula is C6H10P2. The number of rotatable bonds is 0. The smallest absolute Gasteiger partial charge is 0.0108 e. The molecule has 2 heteroatoms. The monoisotopic (exact) mass is 144 g/mol. The van der Waals surface area contributed by atoms with Crippen molar-refractivity contribution in [2.75, 3.05) is 0 Å². The second-order valence-corrected chi connectivity index (χ2v) is 4.28. The first-order valence-electron chi connectivity index (χ1n) is 2.62. The third kappa shape index (κ3) is 0.966. The zero-order valence-electron chi connectivity index (χ0n) is 5.15. The molecule has 0 fully saturated rings. The SMILES string of the molecule is Cc1c[pH]c(P)c1C. The quantitative estimate of drug-likeness (QED) is 0.487. The summed E-state index contributed by atoms with van der Waals surface area (Å²) in [4.78, 5) is 0. The fraction of sp³-hybridized carbons (Fsp3) is 0.333. The molecule has 1 heterocycles. The summed E-state index contributed by atoms with van der Waals surface area (Å²) in [5.74, 6) is 2.29. The van der Waals surface area contributed by atoms with Gasteiger partial charge in [-0.3, -0.25) is 0 Å². The van der Waals surface area contributed by atoms with Crippen molar-refractivity contribution >= 4 is 22.5 Å². The summed E-state index contributed by atoms with van der Waals surface area (Å²) in [7, 11) is 3.70. The number of hydrogen-bond acceptors (Lipinski definition) is 0. The normalized spacial score (nSPS) is 10.9. The van der Waals surface area contributed by atoms with Gasteiger partial charge >= 0.3 is 0 Å². The Labute approximate surface area is 54.0 Å². The van der Waals surface area contributed by atoms with E-state index in [1.807, 2.05) is 0 Å². The van der Waals surface area contributed by atoms with Crippen molar-refractivity contribution in [3.05, 3.63) is 16.9 Å². The van der Waals surface area contributed by atoms with Crippen molar-refractivity contribution in [3.8, 4) is 0 Å². The van der Waals surface area contributed by atoms with Crippen LogP contribution in [0, 0.1) is 13.8 Å². The standard InChI is InChI=1S/C6H10P2/c1-4-3-8-6(7)5(4)2/h3,8H,7H2,1-2H3. The maximum atomic E-state index is 2.78. The highest BCUT2D eigenvalue weighted by atomic mass is 31.1. The molecule has 0 saturated heterocycles. The van der Waals surface area contributed by atoms with Gasteiger partial charge in [-0.05, 0) is 35.8 Å². The highest BCUT2D eigenvalue weighted by Gasteiger charge is 1.94. The van der Waals surface area contributed by atoms with Crippen molar-refractivity contribution in [2.24, 2.45) is 0 Å². The van der Waals surface area contributed by atoms with Gasteiger partial charge in [-0.25, -0.2) is 0 Å². The molecule has 0 spiro atoms. The molecule has 1 aromatic rings. The van der Waals surface area contributed by atoms with Crippen LogP contribution >= 0.6 is 17.4 Å². The summed E-state index contributed by atoms with van der Waals surface area (Å²) in [6.07, 6.45) is 0. The summed E-state index contributed by atoms with van der Waals surface area (Å²) in [5.41, 5.74) is 2.92. The molecule has 0 aliphatic rings. The van der Waals surface area contributed by atoms with Gasteiger partial charge in [0.1, 0.15) is 0 Å². The first kappa shape index (κ1) is 6.33. The molecule has 0 aromatic carbocycles. The third-order valence-corrected chi connectivity index (χ3v) is 3.64. The first-order valence-corrected chi connectivity index (χ1v) is 4.27. The Hall–Kier alpha value is 0.210. The molecule has 1 rings (SSSR count). The van der Waals surface area contributed by atoms with Crippen LogP contribution in [-0.2, 0) is 0 Å². The molecule has 2 atom stereocenters. The van der Waals surface area contributed by atoms with Gasteiger partial charge in [0.05, 0.1) is 0 Å². The Morgan fingerprint density at radius 2 is 2.12 bits per heavy atom. The van der Waals surface area contributed by atoms with Crippen LogP contribution in [0.1, 0.15) is 11.1 Å². The van der Waals surface area contributed by atoms with Gasteiger partial charge in [-0.2, -0.15) is 0 Å². The Morgan fingerprint density at radius 1 is 1.50 bits per heavy atom. The van der Waals surface area contributed by atoms with E-state index in [1.54, 1.807) is 0 Å². The Balaban J connectivity index is 3.19. The summed E-state index contributed by atoms with van der Waals surface area (Å²) < 4.78 is 0. The van der Waals surface area contributed by atoms with E-state index in [4.69, 9.17) is 0 Å². The summed E-state index contributed by atoms with van der Waals surface area (Å²) in [6, 6.07) is 0. The van der Waals surface area contributed by atoms with Crippen molar-refractivity contribution in [2.45, 2.75) is 13.8 Å². The predicted octanol–water partition coefficient (Wildman–Crippen LogP) is 1.84. The van der Waals surface area contributed by atoms with Crippen molar-refractivity contribution < 1.29 is 0 Å². The van der Waals surface area contributed by atoms with Crippen LogP contribution in [0.4, 0.5) is 0 Å². The largest absolute Gasteiger partial charge is 0.132 e. The maximum Gasteiger partial charge on any atom is -0.0108 e. The van der Waals surface area contributed by atoms with E-state index in [1.165, 1.54) is 16.2 Å². The van der Waals surface area contributed by atoms with Crippen LogP contribution in [0.25, 0.3) is 0 Å². The van der Waals surface area contributed by atoms with Crippen molar-refractivity contribution in [1.29, 1.82) is 0 Å². The van der Waals surface area contributed by atoms with Gasteiger partial charge in [-0.1, -0.05) is 0 Å². The van der Waals surface area contributed by atoms with E-state index in [0.717, 1.165) is 8.19 Å². The topological polar surface area (TPSA) is 0 Å². The average molecular weight is 144 g/mol. The average Bonchev–Trinajstić information content (AvgIpc) is 1.98. The third-order valence-electron chi connectivity index (χ3n) is 1.44. The Morgan fingerprint density at radius 3 is 2.25 bits per heavy atom. The van der Waals surface area contributed by atoms with Gasteiger partial charge < -0.3 is 0 Å². The van der Waals surface area contributed by atoms with Crippen LogP contribution < -0.4 is 5.04 Å². The molecule has 0 aliphatic carbocycles. The minimum absolute atomic E-state index is 0.924. The number of aryl methyl sites for hydroxylation is 1. The van der Waals surface area contributed by atoms with E-state index >= 15 is 0 Å². The molecule has 2 unspecified atom stereocenters. The summed E-state index contributed by atoms with van der Waals surface area (Å²) >= 11 is 0. The molecule has 44 valence electrons. The van der Waals surface area contributed by atoms with E-state index in [2.05, 4.69) is 28.9 Å². The van der Waals surface area contributed by atoms with Crippen LogP contribution in [0.5, 0.6) is 0 Å². The molecular weight excluding hydrogens is 134 g/mol. The van der Waals surface area contributed by atoms with E-state index in [9.17, 15) is 0 Å². The molecule has 0 saturated carbocycles. The molecule has 0 aliphatic heterocycles. The highest BCUT2D eigenvalue weighted by Crippen LogP contribution is 2.16. The Kier molecular flexibility index (Phi) is 1.75. The van der Waals surface area contributed by atoms with Crippen LogP contribution in [0.3, 0.4) is 0 Å². The van der Waals surface area contributed by atoms with Crippen LogP contribution in [0.15, 0.2) is 5.80 Å². The van der Waals surface area contributed by atoms with E-state index < -0.39 is 0 Å². The second kappa shape index (κ2) is 2.21. The van der Waals surface area contributed by atoms with Gasteiger partial charge in [0.15, 0.2) is 0 Å². The Bertz CT molecular complexity index is 169. The van der Waals surface area contributed by atoms with Crippen molar-refractivity contribution in [3.63, 3.8) is 0 Å². The lowest BCUT2D eigenvalue weighted by atomic mass is 10.2. The van der Waals surface area contributed by atoms with E-state index in [-0.39, 0.29) is 0 Å². The van der Waals surface area contributed by atoms with Gasteiger partial charge in [0, 0.05) is 0 Å². The molecule has 0 bridgehead atoms. The van der Waals surface area contributed by atoms with Crippen molar-refractivity contribution in [1.82, 2.24) is 0 Å². The minimum Gasteiger partial charge on any atom is -0.132 e. The summed E-state index contributed by atoms with van der Waals surface area (Å²) in [5, 5.41) is 1.47. The molecule has 0 amide bonds. The van der Waals surface area contributed by atoms with Crippen LogP contribution in [0.2, 0.25) is 0 Å². The van der Waals surface area contributed by atoms with Crippen LogP contribution in [-0.4, -0.2) is 0 Å². The maximum absolute atomic E-state index is 2.78. The van der Waals surface area contributed by atoms with Gasteiger partial charge in [0.2, 0.25) is 0 Å². The zero-order valence-corrected chi connectivity index (χ0v) is 7.31. The lowest BCUT2D eigenvalue weighted by Crippen LogP contribution is -1.84. The lowest BCUT2D eigenvalue weighted by molar-refractivity contribution is 1.42. The molecule has 0 N–H and O–H groups in total. The zero-order chi connectivity index (χ0) is 6.15. The highest BCUT2D eigenvalue weighted by molar-refractivity contribution is 7.51. The predicted molar refractivity (Wildman–Crippen MR) is 44.8 cm³/mol. The minimum atomic E-state index is 0.924. The second-order valence-electron chi connectivity index (χ2n) is 2.01. The van der Waals surface area contributed by atoms with E-state index in [0.29, 0.717) is 0 Å². The fourth-order valence-corrected chi connectivity index (χ4v) is 2.09. The molecule has 0 radical (unpaired) electrons. The molecule has 1 aromatic heterocycles. The van der Waals surface area contributed by atoms with Gasteiger partial charge in [-0.15, -0.1) is 17.4 Å². The number of hydrogen-bond donors (Lipinski definition) is 0. The molecule has 8 heavy (non-hydrogen) atoms. The molecule has 0 nitrogen and oxygen atoms in total. The summed E-state index contributed by atoms with van der Waals surface area (Å²) in [6.45, 7) is 4.34. The fourth-order valence-electron chi connectivity index (χ4n) is 0.615. The first-order chi connectivity index (χ1) is 3.72. The lowest BCUT2D eigenvalue weighted by Gasteiger charge is -1.87.